The Hall–Kier alpha value is -3.59. The first-order chi connectivity index (χ1) is 15.8. The summed E-state index contributed by atoms with van der Waals surface area (Å²) >= 11 is 0. The number of carbonyl (C=O) groups excluding carboxylic acids is 1. The number of anilines is 2. The Morgan fingerprint density at radius 1 is 1.12 bits per heavy atom. The van der Waals surface area contributed by atoms with Crippen LogP contribution < -0.4 is 15.5 Å². The van der Waals surface area contributed by atoms with Crippen molar-refractivity contribution in [2.24, 2.45) is 0 Å². The van der Waals surface area contributed by atoms with Gasteiger partial charge in [0.15, 0.2) is 11.5 Å². The van der Waals surface area contributed by atoms with Crippen LogP contribution in [-0.4, -0.2) is 50.4 Å². The third-order valence-corrected chi connectivity index (χ3v) is 6.16. The SMILES string of the molecule is Cc1nc2c(F)cc(NC(=O)c3ccc(N4C[C@@H](C)N[C@@H](C)C4)c4nccnc34)cn2c1C. The van der Waals surface area contributed by atoms with Gasteiger partial charge in [0.2, 0.25) is 0 Å². The van der Waals surface area contributed by atoms with Gasteiger partial charge >= 0.3 is 0 Å². The molecule has 5 rings (SSSR count). The molecule has 170 valence electrons. The second kappa shape index (κ2) is 8.08. The maximum atomic E-state index is 14.6. The van der Waals surface area contributed by atoms with Crippen LogP contribution in [0.15, 0.2) is 36.8 Å². The normalized spacial score (nSPS) is 18.8. The molecule has 4 aromatic rings. The van der Waals surface area contributed by atoms with Crippen molar-refractivity contribution >= 4 is 34.0 Å². The number of amides is 1. The van der Waals surface area contributed by atoms with E-state index in [1.165, 1.54) is 6.07 Å². The minimum absolute atomic E-state index is 0.239. The Labute approximate surface area is 190 Å². The van der Waals surface area contributed by atoms with Crippen molar-refractivity contribution in [3.63, 3.8) is 0 Å². The number of aromatic nitrogens is 4. The summed E-state index contributed by atoms with van der Waals surface area (Å²) in [6.07, 6.45) is 4.89. The summed E-state index contributed by atoms with van der Waals surface area (Å²) < 4.78 is 16.2. The first-order valence-corrected chi connectivity index (χ1v) is 11.0. The lowest BCUT2D eigenvalue weighted by Crippen LogP contribution is -2.54. The lowest BCUT2D eigenvalue weighted by Gasteiger charge is -2.38. The van der Waals surface area contributed by atoms with Gasteiger partial charge in [0.05, 0.1) is 22.6 Å². The summed E-state index contributed by atoms with van der Waals surface area (Å²) in [5.41, 5.74) is 4.67. The zero-order chi connectivity index (χ0) is 23.3. The van der Waals surface area contributed by atoms with Crippen molar-refractivity contribution in [1.29, 1.82) is 0 Å². The number of imidazole rings is 1. The molecule has 0 unspecified atom stereocenters. The molecule has 1 aromatic carbocycles. The second-order valence-electron chi connectivity index (χ2n) is 8.77. The molecule has 0 spiro atoms. The van der Waals surface area contributed by atoms with Crippen LogP contribution in [0.2, 0.25) is 0 Å². The summed E-state index contributed by atoms with van der Waals surface area (Å²) in [4.78, 5) is 28.7. The number of pyridine rings is 1. The van der Waals surface area contributed by atoms with Crippen molar-refractivity contribution in [3.8, 4) is 0 Å². The number of hydrogen-bond acceptors (Lipinski definition) is 6. The Morgan fingerprint density at radius 3 is 2.55 bits per heavy atom. The summed E-state index contributed by atoms with van der Waals surface area (Å²) in [5.74, 6) is -0.867. The lowest BCUT2D eigenvalue weighted by atomic mass is 10.1. The fraction of sp³-hybridized carbons (Fsp3) is 0.333. The molecule has 8 nitrogen and oxygen atoms in total. The Kier molecular flexibility index (Phi) is 5.20. The minimum Gasteiger partial charge on any atom is -0.367 e. The van der Waals surface area contributed by atoms with Gasteiger partial charge in [-0.1, -0.05) is 0 Å². The summed E-state index contributed by atoms with van der Waals surface area (Å²) in [6.45, 7) is 9.66. The summed E-state index contributed by atoms with van der Waals surface area (Å²) in [7, 11) is 0. The standard InChI is InChI=1S/C24H26FN7O/c1-13-10-31(11-14(2)28-13)20-6-5-18(21-22(20)27-8-7-26-21)24(33)30-17-9-19(25)23-29-15(3)16(4)32(23)12-17/h5-9,12-14,28H,10-11H2,1-4H3,(H,30,33)/t13-,14+. The van der Waals surface area contributed by atoms with Crippen molar-refractivity contribution in [1.82, 2.24) is 24.7 Å². The van der Waals surface area contributed by atoms with Crippen LogP contribution in [0.25, 0.3) is 16.7 Å². The van der Waals surface area contributed by atoms with Crippen molar-refractivity contribution < 1.29 is 9.18 Å². The van der Waals surface area contributed by atoms with Crippen LogP contribution in [0.1, 0.15) is 35.6 Å². The largest absolute Gasteiger partial charge is 0.367 e. The number of nitrogens with zero attached hydrogens (tertiary/aromatic N) is 5. The molecule has 33 heavy (non-hydrogen) atoms. The molecule has 1 saturated heterocycles. The van der Waals surface area contributed by atoms with E-state index in [1.54, 1.807) is 29.1 Å². The second-order valence-corrected chi connectivity index (χ2v) is 8.77. The van der Waals surface area contributed by atoms with E-state index in [2.05, 4.69) is 44.3 Å². The molecule has 2 atom stereocenters. The van der Waals surface area contributed by atoms with Gasteiger partial charge in [-0.25, -0.2) is 9.37 Å². The van der Waals surface area contributed by atoms with Gasteiger partial charge in [0.1, 0.15) is 11.0 Å². The van der Waals surface area contributed by atoms with E-state index in [0.717, 1.165) is 30.2 Å². The summed E-state index contributed by atoms with van der Waals surface area (Å²) in [5, 5.41) is 6.34. The highest BCUT2D eigenvalue weighted by Gasteiger charge is 2.24. The van der Waals surface area contributed by atoms with E-state index >= 15 is 0 Å². The number of halogens is 1. The van der Waals surface area contributed by atoms with Crippen molar-refractivity contribution in [2.75, 3.05) is 23.3 Å². The molecule has 2 N–H and O–H groups in total. The smallest absolute Gasteiger partial charge is 0.257 e. The van der Waals surface area contributed by atoms with Gasteiger partial charge in [-0.3, -0.25) is 19.2 Å². The predicted octanol–water partition coefficient (Wildman–Crippen LogP) is 3.47. The highest BCUT2D eigenvalue weighted by molar-refractivity contribution is 6.13. The van der Waals surface area contributed by atoms with E-state index in [0.29, 0.717) is 34.4 Å². The van der Waals surface area contributed by atoms with Gasteiger partial charge in [0.25, 0.3) is 5.91 Å². The summed E-state index contributed by atoms with van der Waals surface area (Å²) in [6, 6.07) is 5.64. The third kappa shape index (κ3) is 3.78. The number of piperazine rings is 1. The molecule has 1 aliphatic rings. The van der Waals surface area contributed by atoms with Crippen molar-refractivity contribution in [2.45, 2.75) is 39.8 Å². The van der Waals surface area contributed by atoms with E-state index in [-0.39, 0.29) is 11.6 Å². The lowest BCUT2D eigenvalue weighted by molar-refractivity contribution is 0.102. The van der Waals surface area contributed by atoms with Gasteiger partial charge in [-0.2, -0.15) is 0 Å². The molecule has 4 heterocycles. The number of fused-ring (bicyclic) bond motifs is 2. The molecule has 0 saturated carbocycles. The van der Waals surface area contributed by atoms with Crippen LogP contribution in [0.5, 0.6) is 0 Å². The fourth-order valence-electron chi connectivity index (χ4n) is 4.60. The molecular weight excluding hydrogens is 421 g/mol. The van der Waals surface area contributed by atoms with Crippen LogP contribution in [0, 0.1) is 19.7 Å². The molecule has 1 amide bonds. The number of aryl methyl sites for hydroxylation is 2. The quantitative estimate of drug-likeness (QED) is 0.500. The number of carbonyl (C=O) groups is 1. The zero-order valence-electron chi connectivity index (χ0n) is 19.1. The highest BCUT2D eigenvalue weighted by atomic mass is 19.1. The third-order valence-electron chi connectivity index (χ3n) is 6.16. The van der Waals surface area contributed by atoms with E-state index in [9.17, 15) is 9.18 Å². The van der Waals surface area contributed by atoms with Crippen molar-refractivity contribution in [3.05, 3.63) is 59.6 Å². The minimum atomic E-state index is -0.494. The molecule has 1 aliphatic heterocycles. The van der Waals surface area contributed by atoms with Gasteiger partial charge in [-0.15, -0.1) is 0 Å². The topological polar surface area (TPSA) is 87.5 Å². The maximum Gasteiger partial charge on any atom is 0.257 e. The van der Waals surface area contributed by atoms with E-state index < -0.39 is 5.82 Å². The average molecular weight is 448 g/mol. The Morgan fingerprint density at radius 2 is 1.82 bits per heavy atom. The van der Waals surface area contributed by atoms with Crippen LogP contribution in [-0.2, 0) is 0 Å². The van der Waals surface area contributed by atoms with Crippen LogP contribution >= 0.6 is 0 Å². The number of rotatable bonds is 3. The van der Waals surface area contributed by atoms with Gasteiger partial charge in [-0.05, 0) is 39.8 Å². The molecule has 0 bridgehead atoms. The number of hydrogen-bond donors (Lipinski definition) is 2. The molecule has 0 aliphatic carbocycles. The highest BCUT2D eigenvalue weighted by Crippen LogP contribution is 2.29. The van der Waals surface area contributed by atoms with E-state index in [4.69, 9.17) is 0 Å². The van der Waals surface area contributed by atoms with Crippen LogP contribution in [0.4, 0.5) is 15.8 Å². The molecule has 3 aromatic heterocycles. The fourth-order valence-corrected chi connectivity index (χ4v) is 4.60. The zero-order valence-corrected chi connectivity index (χ0v) is 19.1. The van der Waals surface area contributed by atoms with Gasteiger partial charge < -0.3 is 15.5 Å². The van der Waals surface area contributed by atoms with Gasteiger partial charge in [0, 0.05) is 55.5 Å². The molecule has 9 heteroatoms. The van der Waals surface area contributed by atoms with E-state index in [1.807, 2.05) is 19.9 Å². The molecular formula is C24H26FN7O. The Bertz CT molecular complexity index is 1370. The maximum absolute atomic E-state index is 14.6. The molecule has 1 fully saturated rings. The first-order valence-electron chi connectivity index (χ1n) is 11.0. The molecule has 0 radical (unpaired) electrons. The monoisotopic (exact) mass is 447 g/mol. The van der Waals surface area contributed by atoms with Crippen LogP contribution in [0.3, 0.4) is 0 Å². The number of benzene rings is 1. The average Bonchev–Trinajstić information content (AvgIpc) is 3.06. The first kappa shape index (κ1) is 21.3. The number of nitrogens with one attached hydrogen (secondary N) is 2. The Balaban J connectivity index is 1.51. The predicted molar refractivity (Wildman–Crippen MR) is 126 cm³/mol.